The summed E-state index contributed by atoms with van der Waals surface area (Å²) < 4.78 is 4.91. The second kappa shape index (κ2) is 8.74. The van der Waals surface area contributed by atoms with E-state index in [9.17, 15) is 9.59 Å². The summed E-state index contributed by atoms with van der Waals surface area (Å²) in [6.45, 7) is 6.93. The fourth-order valence-corrected chi connectivity index (χ4v) is 1.53. The normalized spacial score (nSPS) is 12.8. The maximum atomic E-state index is 11.7. The third kappa shape index (κ3) is 9.30. The van der Waals surface area contributed by atoms with Crippen LogP contribution in [0.15, 0.2) is 0 Å². The fraction of sp³-hybridized carbons (Fsp3) is 0.846. The molecule has 112 valence electrons. The highest BCUT2D eigenvalue weighted by molar-refractivity contribution is 5.75. The van der Waals surface area contributed by atoms with Crippen molar-refractivity contribution < 1.29 is 19.4 Å². The molecule has 0 aliphatic rings. The summed E-state index contributed by atoms with van der Waals surface area (Å²) in [4.78, 5) is 22.5. The molecular formula is C13H26N2O4. The molecule has 1 unspecified atom stereocenters. The Morgan fingerprint density at radius 2 is 1.89 bits per heavy atom. The number of ether oxygens (including phenoxy) is 1. The van der Waals surface area contributed by atoms with Gasteiger partial charge in [0.1, 0.15) is 0 Å². The van der Waals surface area contributed by atoms with E-state index < -0.39 is 12.0 Å². The molecule has 6 nitrogen and oxygen atoms in total. The number of urea groups is 1. The van der Waals surface area contributed by atoms with Gasteiger partial charge in [0.05, 0.1) is 6.42 Å². The van der Waals surface area contributed by atoms with E-state index in [0.29, 0.717) is 13.2 Å². The maximum Gasteiger partial charge on any atom is 0.315 e. The van der Waals surface area contributed by atoms with Gasteiger partial charge in [0.2, 0.25) is 0 Å². The Bertz CT molecular complexity index is 287. The zero-order valence-corrected chi connectivity index (χ0v) is 12.3. The number of carboxylic acids is 1. The van der Waals surface area contributed by atoms with E-state index in [1.54, 1.807) is 7.11 Å². The van der Waals surface area contributed by atoms with E-state index in [0.717, 1.165) is 12.8 Å². The van der Waals surface area contributed by atoms with E-state index in [-0.39, 0.29) is 17.9 Å². The minimum absolute atomic E-state index is 0.0827. The van der Waals surface area contributed by atoms with E-state index in [4.69, 9.17) is 9.84 Å². The number of nitrogens with one attached hydrogen (secondary N) is 2. The van der Waals surface area contributed by atoms with Gasteiger partial charge in [-0.1, -0.05) is 20.8 Å². The van der Waals surface area contributed by atoms with Crippen LogP contribution in [0.25, 0.3) is 0 Å². The fourth-order valence-electron chi connectivity index (χ4n) is 1.53. The number of unbranched alkanes of at least 4 members (excludes halogenated alkanes) is 1. The first-order chi connectivity index (χ1) is 8.77. The predicted molar refractivity (Wildman–Crippen MR) is 73.1 cm³/mol. The Morgan fingerprint density at radius 1 is 1.26 bits per heavy atom. The van der Waals surface area contributed by atoms with Gasteiger partial charge in [-0.2, -0.15) is 0 Å². The molecule has 0 radical (unpaired) electrons. The highest BCUT2D eigenvalue weighted by Crippen LogP contribution is 2.21. The second-order valence-corrected chi connectivity index (χ2v) is 5.62. The molecule has 1 atom stereocenters. The molecule has 19 heavy (non-hydrogen) atoms. The van der Waals surface area contributed by atoms with Crippen molar-refractivity contribution in [3.63, 3.8) is 0 Å². The van der Waals surface area contributed by atoms with Crippen LogP contribution in [0.1, 0.15) is 40.0 Å². The molecule has 0 aromatic carbocycles. The van der Waals surface area contributed by atoms with Gasteiger partial charge >= 0.3 is 12.0 Å². The summed E-state index contributed by atoms with van der Waals surface area (Å²) in [6.07, 6.45) is 1.63. The molecule has 3 N–H and O–H groups in total. The summed E-state index contributed by atoms with van der Waals surface area (Å²) in [5, 5.41) is 14.3. The van der Waals surface area contributed by atoms with E-state index in [2.05, 4.69) is 10.6 Å². The second-order valence-electron chi connectivity index (χ2n) is 5.62. The first-order valence-electron chi connectivity index (χ1n) is 6.52. The van der Waals surface area contributed by atoms with Crippen LogP contribution in [0.5, 0.6) is 0 Å². The smallest absolute Gasteiger partial charge is 0.315 e. The van der Waals surface area contributed by atoms with Crippen LogP contribution in [0, 0.1) is 5.41 Å². The summed E-state index contributed by atoms with van der Waals surface area (Å²) in [6, 6.07) is -0.720. The highest BCUT2D eigenvalue weighted by Gasteiger charge is 2.28. The number of methoxy groups -OCH3 is 1. The van der Waals surface area contributed by atoms with Crippen molar-refractivity contribution in [2.75, 3.05) is 20.3 Å². The molecule has 0 aliphatic heterocycles. The number of carbonyl (C=O) groups excluding carboxylic acids is 1. The third-order valence-electron chi connectivity index (χ3n) is 2.79. The Kier molecular flexibility index (Phi) is 8.14. The Hall–Kier alpha value is -1.30. The molecule has 0 aromatic heterocycles. The topological polar surface area (TPSA) is 87.7 Å². The minimum Gasteiger partial charge on any atom is -0.481 e. The number of carboxylic acid groups (broad SMARTS) is 1. The maximum absolute atomic E-state index is 11.7. The third-order valence-corrected chi connectivity index (χ3v) is 2.79. The average molecular weight is 274 g/mol. The Morgan fingerprint density at radius 3 is 2.37 bits per heavy atom. The van der Waals surface area contributed by atoms with Crippen molar-refractivity contribution in [2.24, 2.45) is 5.41 Å². The monoisotopic (exact) mass is 274 g/mol. The zero-order valence-electron chi connectivity index (χ0n) is 12.3. The Labute approximate surface area is 114 Å². The molecule has 0 aliphatic carbocycles. The van der Waals surface area contributed by atoms with Crippen LogP contribution in [-0.4, -0.2) is 43.4 Å². The number of amides is 2. The van der Waals surface area contributed by atoms with Gasteiger partial charge in [-0.25, -0.2) is 4.79 Å². The highest BCUT2D eigenvalue weighted by atomic mass is 16.5. The number of aliphatic carboxylic acids is 1. The molecule has 0 saturated carbocycles. The lowest BCUT2D eigenvalue weighted by atomic mass is 9.85. The molecule has 0 spiro atoms. The van der Waals surface area contributed by atoms with Crippen molar-refractivity contribution in [3.05, 3.63) is 0 Å². The molecule has 2 amide bonds. The molecule has 0 aromatic rings. The molecule has 0 rings (SSSR count). The average Bonchev–Trinajstić information content (AvgIpc) is 2.26. The summed E-state index contributed by atoms with van der Waals surface area (Å²) >= 11 is 0. The summed E-state index contributed by atoms with van der Waals surface area (Å²) in [5.41, 5.74) is -0.300. The number of carbonyl (C=O) groups is 2. The van der Waals surface area contributed by atoms with Crippen LogP contribution in [-0.2, 0) is 9.53 Å². The van der Waals surface area contributed by atoms with Crippen molar-refractivity contribution in [3.8, 4) is 0 Å². The lowest BCUT2D eigenvalue weighted by Gasteiger charge is -2.30. The number of hydrogen-bond acceptors (Lipinski definition) is 3. The van der Waals surface area contributed by atoms with Gasteiger partial charge in [-0.3, -0.25) is 4.79 Å². The molecular weight excluding hydrogens is 248 g/mol. The van der Waals surface area contributed by atoms with Gasteiger partial charge in [0, 0.05) is 26.3 Å². The lowest BCUT2D eigenvalue weighted by molar-refractivity contribution is -0.138. The molecule has 0 heterocycles. The van der Waals surface area contributed by atoms with Gasteiger partial charge < -0.3 is 20.5 Å². The van der Waals surface area contributed by atoms with Crippen molar-refractivity contribution in [2.45, 2.75) is 46.1 Å². The van der Waals surface area contributed by atoms with Crippen LogP contribution in [0.3, 0.4) is 0 Å². The molecule has 0 saturated heterocycles. The zero-order chi connectivity index (χ0) is 14.9. The van der Waals surface area contributed by atoms with E-state index in [1.165, 1.54) is 0 Å². The molecule has 6 heteroatoms. The van der Waals surface area contributed by atoms with Gasteiger partial charge in [0.15, 0.2) is 0 Å². The first kappa shape index (κ1) is 17.7. The predicted octanol–water partition coefficient (Wildman–Crippen LogP) is 1.60. The number of hydrogen-bond donors (Lipinski definition) is 3. The van der Waals surface area contributed by atoms with Gasteiger partial charge in [-0.05, 0) is 18.3 Å². The largest absolute Gasteiger partial charge is 0.481 e. The van der Waals surface area contributed by atoms with E-state index >= 15 is 0 Å². The van der Waals surface area contributed by atoms with Crippen molar-refractivity contribution >= 4 is 12.0 Å². The number of rotatable bonds is 8. The first-order valence-corrected chi connectivity index (χ1v) is 6.52. The molecule has 0 fully saturated rings. The van der Waals surface area contributed by atoms with Crippen LogP contribution < -0.4 is 10.6 Å². The van der Waals surface area contributed by atoms with Crippen LogP contribution in [0.4, 0.5) is 4.79 Å². The summed E-state index contributed by atoms with van der Waals surface area (Å²) in [5.74, 6) is -0.916. The minimum atomic E-state index is -0.916. The Balaban J connectivity index is 4.07. The van der Waals surface area contributed by atoms with Gasteiger partial charge in [0.25, 0.3) is 0 Å². The van der Waals surface area contributed by atoms with Gasteiger partial charge in [-0.15, -0.1) is 0 Å². The summed E-state index contributed by atoms with van der Waals surface area (Å²) in [7, 11) is 1.64. The van der Waals surface area contributed by atoms with Crippen LogP contribution >= 0.6 is 0 Å². The van der Waals surface area contributed by atoms with Crippen molar-refractivity contribution in [1.29, 1.82) is 0 Å². The van der Waals surface area contributed by atoms with E-state index in [1.807, 2.05) is 20.8 Å². The standard InChI is InChI=1S/C13H26N2O4/c1-13(2,3)10(9-11(16)17)15-12(18)14-7-5-6-8-19-4/h10H,5-9H2,1-4H3,(H,16,17)(H2,14,15,18). The lowest BCUT2D eigenvalue weighted by Crippen LogP contribution is -2.49. The molecule has 0 bridgehead atoms. The van der Waals surface area contributed by atoms with Crippen LogP contribution in [0.2, 0.25) is 0 Å². The van der Waals surface area contributed by atoms with Crippen molar-refractivity contribution in [1.82, 2.24) is 10.6 Å². The SMILES string of the molecule is COCCCCNC(=O)NC(CC(=O)O)C(C)(C)C. The quantitative estimate of drug-likeness (QED) is 0.587.